The van der Waals surface area contributed by atoms with E-state index in [-0.39, 0.29) is 5.56 Å². The first-order valence-electron chi connectivity index (χ1n) is 9.01. The molecular formula is C20H21N5O. The molecule has 3 heterocycles. The zero-order valence-electron chi connectivity index (χ0n) is 15.0. The molecule has 0 radical (unpaired) electrons. The van der Waals surface area contributed by atoms with Crippen LogP contribution in [0.25, 0.3) is 27.8 Å². The molecule has 3 aromatic heterocycles. The Kier molecular flexibility index (Phi) is 4.24. The van der Waals surface area contributed by atoms with Gasteiger partial charge < -0.3 is 4.57 Å². The molecule has 0 spiro atoms. The first-order chi connectivity index (χ1) is 12.7. The number of aromatic nitrogens is 5. The summed E-state index contributed by atoms with van der Waals surface area (Å²) in [6.07, 6.45) is 5.04. The molecule has 0 fully saturated rings. The third-order valence-electron chi connectivity index (χ3n) is 4.69. The minimum absolute atomic E-state index is 0.109. The first kappa shape index (κ1) is 16.4. The van der Waals surface area contributed by atoms with Gasteiger partial charge in [-0.3, -0.25) is 4.79 Å². The second kappa shape index (κ2) is 6.71. The minimum atomic E-state index is -0.109. The maximum absolute atomic E-state index is 12.7. The lowest BCUT2D eigenvalue weighted by atomic mass is 10.1. The van der Waals surface area contributed by atoms with E-state index in [4.69, 9.17) is 0 Å². The van der Waals surface area contributed by atoms with E-state index in [1.807, 2.05) is 49.5 Å². The maximum Gasteiger partial charge on any atom is 0.280 e. The fraction of sp³-hybridized carbons (Fsp3) is 0.300. The van der Waals surface area contributed by atoms with Crippen LogP contribution in [0.3, 0.4) is 0 Å². The molecule has 0 unspecified atom stereocenters. The van der Waals surface area contributed by atoms with Crippen LogP contribution < -0.4 is 5.56 Å². The van der Waals surface area contributed by atoms with Gasteiger partial charge in [0.1, 0.15) is 5.52 Å². The highest BCUT2D eigenvalue weighted by molar-refractivity contribution is 5.84. The molecule has 1 aromatic carbocycles. The molecule has 6 heteroatoms. The van der Waals surface area contributed by atoms with E-state index in [9.17, 15) is 4.79 Å². The van der Waals surface area contributed by atoms with Crippen LogP contribution in [0.2, 0.25) is 0 Å². The quantitative estimate of drug-likeness (QED) is 0.517. The molecule has 6 nitrogen and oxygen atoms in total. The Morgan fingerprint density at radius 3 is 2.62 bits per heavy atom. The smallest absolute Gasteiger partial charge is 0.280 e. The second-order valence-corrected chi connectivity index (χ2v) is 6.52. The van der Waals surface area contributed by atoms with Crippen LogP contribution in [-0.4, -0.2) is 24.4 Å². The van der Waals surface area contributed by atoms with Gasteiger partial charge in [0.05, 0.1) is 11.3 Å². The Bertz CT molecular complexity index is 1130. The third kappa shape index (κ3) is 2.67. The van der Waals surface area contributed by atoms with Crippen LogP contribution >= 0.6 is 0 Å². The van der Waals surface area contributed by atoms with Gasteiger partial charge in [0.15, 0.2) is 11.2 Å². The number of unbranched alkanes of at least 4 members (excludes halogenated alkanes) is 2. The van der Waals surface area contributed by atoms with Gasteiger partial charge in [0.2, 0.25) is 0 Å². The van der Waals surface area contributed by atoms with Crippen LogP contribution in [0.4, 0.5) is 0 Å². The highest BCUT2D eigenvalue weighted by Gasteiger charge is 2.17. The number of rotatable bonds is 5. The van der Waals surface area contributed by atoms with Gasteiger partial charge in [-0.25, -0.2) is 4.52 Å². The van der Waals surface area contributed by atoms with E-state index < -0.39 is 0 Å². The van der Waals surface area contributed by atoms with Gasteiger partial charge in [0.25, 0.3) is 5.56 Å². The van der Waals surface area contributed by atoms with Crippen molar-refractivity contribution in [1.29, 1.82) is 0 Å². The van der Waals surface area contributed by atoms with Gasteiger partial charge in [-0.15, -0.1) is 10.2 Å². The van der Waals surface area contributed by atoms with Gasteiger partial charge in [-0.05, 0) is 25.0 Å². The molecule has 0 saturated carbocycles. The molecule has 0 aliphatic heterocycles. The Balaban J connectivity index is 1.89. The Labute approximate surface area is 151 Å². The lowest BCUT2D eigenvalue weighted by Gasteiger charge is -2.07. The molecule has 0 amide bonds. The van der Waals surface area contributed by atoms with Crippen LogP contribution in [0.1, 0.15) is 31.9 Å². The number of fused-ring (bicyclic) bond motifs is 3. The number of hydrogen-bond acceptors (Lipinski definition) is 4. The fourth-order valence-electron chi connectivity index (χ4n) is 3.34. The predicted molar refractivity (Wildman–Crippen MR) is 102 cm³/mol. The van der Waals surface area contributed by atoms with Crippen molar-refractivity contribution in [3.63, 3.8) is 0 Å². The molecule has 4 rings (SSSR count). The zero-order chi connectivity index (χ0) is 18.1. The van der Waals surface area contributed by atoms with Gasteiger partial charge in [-0.2, -0.15) is 5.10 Å². The highest BCUT2D eigenvalue weighted by Crippen LogP contribution is 2.27. The average molecular weight is 347 g/mol. The molecule has 0 N–H and O–H groups in total. The second-order valence-electron chi connectivity index (χ2n) is 6.52. The Hall–Kier alpha value is -3.02. The van der Waals surface area contributed by atoms with Crippen LogP contribution in [-0.2, 0) is 6.54 Å². The Morgan fingerprint density at radius 2 is 1.85 bits per heavy atom. The molecule has 0 aliphatic carbocycles. The summed E-state index contributed by atoms with van der Waals surface area (Å²) in [7, 11) is 0. The summed E-state index contributed by atoms with van der Waals surface area (Å²) in [6, 6.07) is 11.9. The average Bonchev–Trinajstić information content (AvgIpc) is 3.00. The molecule has 4 aromatic rings. The summed E-state index contributed by atoms with van der Waals surface area (Å²) < 4.78 is 3.45. The van der Waals surface area contributed by atoms with Crippen molar-refractivity contribution in [3.8, 4) is 11.1 Å². The molecular weight excluding hydrogens is 326 g/mol. The van der Waals surface area contributed by atoms with Crippen molar-refractivity contribution >= 4 is 16.7 Å². The summed E-state index contributed by atoms with van der Waals surface area (Å²) in [5.74, 6) is 0. The molecule has 26 heavy (non-hydrogen) atoms. The highest BCUT2D eigenvalue weighted by atomic mass is 16.1. The van der Waals surface area contributed by atoms with Crippen LogP contribution in [0.5, 0.6) is 0 Å². The van der Waals surface area contributed by atoms with Crippen molar-refractivity contribution in [2.24, 2.45) is 0 Å². The predicted octanol–water partition coefficient (Wildman–Crippen LogP) is 3.60. The summed E-state index contributed by atoms with van der Waals surface area (Å²) in [5.41, 5.74) is 4.47. The van der Waals surface area contributed by atoms with Gasteiger partial charge >= 0.3 is 0 Å². The standard InChI is InChI=1S/C20H21N5O/c1-3-4-8-12-24-13-11-16-18(20(24)26)21-22-19-17(14(2)23-25(16)19)15-9-6-5-7-10-15/h5-7,9-11,13H,3-4,8,12H2,1-2H3. The number of hydrogen-bond donors (Lipinski definition) is 0. The largest absolute Gasteiger partial charge is 0.313 e. The summed E-state index contributed by atoms with van der Waals surface area (Å²) >= 11 is 0. The van der Waals surface area contributed by atoms with Crippen LogP contribution in [0.15, 0.2) is 47.4 Å². The van der Waals surface area contributed by atoms with E-state index >= 15 is 0 Å². The van der Waals surface area contributed by atoms with Gasteiger partial charge in [-0.1, -0.05) is 50.1 Å². The minimum Gasteiger partial charge on any atom is -0.313 e. The van der Waals surface area contributed by atoms with Crippen molar-refractivity contribution < 1.29 is 0 Å². The van der Waals surface area contributed by atoms with Crippen LogP contribution in [0, 0.1) is 6.92 Å². The molecule has 0 bridgehead atoms. The number of benzene rings is 1. The zero-order valence-corrected chi connectivity index (χ0v) is 15.0. The van der Waals surface area contributed by atoms with Crippen molar-refractivity contribution in [3.05, 3.63) is 58.6 Å². The molecule has 0 aliphatic rings. The monoisotopic (exact) mass is 347 g/mol. The topological polar surface area (TPSA) is 65.1 Å². The Morgan fingerprint density at radius 1 is 1.04 bits per heavy atom. The van der Waals surface area contributed by atoms with Crippen molar-refractivity contribution in [1.82, 2.24) is 24.4 Å². The van der Waals surface area contributed by atoms with E-state index in [2.05, 4.69) is 22.2 Å². The van der Waals surface area contributed by atoms with Gasteiger partial charge in [0, 0.05) is 12.7 Å². The van der Waals surface area contributed by atoms with Crippen molar-refractivity contribution in [2.45, 2.75) is 39.7 Å². The SMILES string of the molecule is CCCCCn1ccc2c(nnc3c(-c4ccccc4)c(C)nn32)c1=O. The number of nitrogens with zero attached hydrogens (tertiary/aromatic N) is 5. The summed E-state index contributed by atoms with van der Waals surface area (Å²) in [4.78, 5) is 12.7. The molecule has 0 atom stereocenters. The van der Waals surface area contributed by atoms with E-state index in [1.54, 1.807) is 9.08 Å². The third-order valence-corrected chi connectivity index (χ3v) is 4.69. The number of pyridine rings is 1. The van der Waals surface area contributed by atoms with E-state index in [0.29, 0.717) is 23.2 Å². The summed E-state index contributed by atoms with van der Waals surface area (Å²) in [5, 5.41) is 13.2. The summed E-state index contributed by atoms with van der Waals surface area (Å²) in [6.45, 7) is 4.81. The first-order valence-corrected chi connectivity index (χ1v) is 9.01. The van der Waals surface area contributed by atoms with Crippen molar-refractivity contribution in [2.75, 3.05) is 0 Å². The fourth-order valence-corrected chi connectivity index (χ4v) is 3.34. The lowest BCUT2D eigenvalue weighted by Crippen LogP contribution is -2.21. The number of aryl methyl sites for hydroxylation is 2. The van der Waals surface area contributed by atoms with E-state index in [1.165, 1.54) is 0 Å². The molecule has 0 saturated heterocycles. The lowest BCUT2D eigenvalue weighted by molar-refractivity contribution is 0.589. The van der Waals surface area contributed by atoms with E-state index in [0.717, 1.165) is 36.1 Å². The maximum atomic E-state index is 12.7. The normalized spacial score (nSPS) is 11.5. The molecule has 132 valence electrons.